The monoisotopic (exact) mass is 285 g/mol. The fraction of sp³-hybridized carbons (Fsp3) is 0.333. The minimum atomic E-state index is 0.727. The van der Waals surface area contributed by atoms with E-state index in [1.54, 1.807) is 6.26 Å². The lowest BCUT2D eigenvalue weighted by atomic mass is 10.2. The molecule has 3 aromatic rings. The van der Waals surface area contributed by atoms with Gasteiger partial charge in [-0.1, -0.05) is 0 Å². The summed E-state index contributed by atoms with van der Waals surface area (Å²) in [5, 5.41) is 15.0. The quantitative estimate of drug-likeness (QED) is 0.730. The lowest BCUT2D eigenvalue weighted by Crippen LogP contribution is -2.13. The molecule has 6 heteroatoms. The Morgan fingerprint density at radius 3 is 3.00 bits per heavy atom. The maximum atomic E-state index is 5.32. The lowest BCUT2D eigenvalue weighted by Gasteiger charge is -2.03. The van der Waals surface area contributed by atoms with Crippen LogP contribution in [0.5, 0.6) is 0 Å². The summed E-state index contributed by atoms with van der Waals surface area (Å²) in [6.07, 6.45) is 3.57. The Kier molecular flexibility index (Phi) is 3.87. The predicted molar refractivity (Wildman–Crippen MR) is 79.5 cm³/mol. The van der Waals surface area contributed by atoms with Crippen molar-refractivity contribution >= 4 is 0 Å². The Morgan fingerprint density at radius 2 is 2.29 bits per heavy atom. The van der Waals surface area contributed by atoms with Gasteiger partial charge < -0.3 is 9.73 Å². The van der Waals surface area contributed by atoms with Crippen molar-refractivity contribution in [1.82, 2.24) is 25.3 Å². The molecule has 3 heterocycles. The maximum Gasteiger partial charge on any atom is 0.154 e. The van der Waals surface area contributed by atoms with Crippen molar-refractivity contribution in [2.45, 2.75) is 33.5 Å². The highest BCUT2D eigenvalue weighted by Crippen LogP contribution is 2.17. The molecule has 0 amide bonds. The number of nitrogens with one attached hydrogen (secondary N) is 2. The van der Waals surface area contributed by atoms with Gasteiger partial charge in [0.1, 0.15) is 5.69 Å². The summed E-state index contributed by atoms with van der Waals surface area (Å²) in [7, 11) is 0. The molecule has 110 valence electrons. The minimum absolute atomic E-state index is 0.727. The first-order valence-electron chi connectivity index (χ1n) is 7.08. The number of hydrogen-bond donors (Lipinski definition) is 2. The fourth-order valence-corrected chi connectivity index (χ4v) is 2.31. The molecule has 0 fully saturated rings. The summed E-state index contributed by atoms with van der Waals surface area (Å²) in [5.74, 6) is 0.776. The topological polar surface area (TPSA) is 71.7 Å². The first-order chi connectivity index (χ1) is 10.3. The highest BCUT2D eigenvalue weighted by atomic mass is 16.3. The predicted octanol–water partition coefficient (Wildman–Crippen LogP) is 2.48. The van der Waals surface area contributed by atoms with Gasteiger partial charge in [0.15, 0.2) is 5.76 Å². The van der Waals surface area contributed by atoms with Gasteiger partial charge >= 0.3 is 0 Å². The number of aromatic amines is 1. The van der Waals surface area contributed by atoms with Gasteiger partial charge in [0.2, 0.25) is 0 Å². The summed E-state index contributed by atoms with van der Waals surface area (Å²) >= 11 is 0. The first-order valence-corrected chi connectivity index (χ1v) is 7.08. The van der Waals surface area contributed by atoms with E-state index in [1.807, 2.05) is 29.1 Å². The van der Waals surface area contributed by atoms with Gasteiger partial charge in [-0.3, -0.25) is 9.78 Å². The van der Waals surface area contributed by atoms with E-state index < -0.39 is 0 Å². The Labute approximate surface area is 123 Å². The van der Waals surface area contributed by atoms with Crippen molar-refractivity contribution in [2.75, 3.05) is 0 Å². The summed E-state index contributed by atoms with van der Waals surface area (Å²) in [6, 6.07) is 5.75. The molecular weight excluding hydrogens is 266 g/mol. The molecule has 6 nitrogen and oxygen atoms in total. The number of rotatable bonds is 6. The molecule has 21 heavy (non-hydrogen) atoms. The zero-order valence-electron chi connectivity index (χ0n) is 12.3. The van der Waals surface area contributed by atoms with Gasteiger partial charge in [-0.15, -0.1) is 0 Å². The molecule has 0 unspecified atom stereocenters. The average molecular weight is 285 g/mol. The molecule has 0 atom stereocenters. The third-order valence-corrected chi connectivity index (χ3v) is 3.54. The molecule has 0 aromatic carbocycles. The third kappa shape index (κ3) is 2.90. The van der Waals surface area contributed by atoms with Crippen molar-refractivity contribution in [3.05, 3.63) is 47.6 Å². The van der Waals surface area contributed by atoms with Crippen LogP contribution in [0.3, 0.4) is 0 Å². The Bertz CT molecular complexity index is 696. The van der Waals surface area contributed by atoms with E-state index >= 15 is 0 Å². The molecule has 0 aliphatic heterocycles. The van der Waals surface area contributed by atoms with Crippen LogP contribution >= 0.6 is 0 Å². The number of aromatic nitrogens is 4. The van der Waals surface area contributed by atoms with E-state index in [9.17, 15) is 0 Å². The van der Waals surface area contributed by atoms with Gasteiger partial charge in [-0.2, -0.15) is 10.2 Å². The van der Waals surface area contributed by atoms with Crippen LogP contribution in [-0.2, 0) is 19.6 Å². The van der Waals surface area contributed by atoms with Crippen LogP contribution in [-0.4, -0.2) is 20.0 Å². The summed E-state index contributed by atoms with van der Waals surface area (Å²) < 4.78 is 7.33. The van der Waals surface area contributed by atoms with Crippen LogP contribution in [0.4, 0.5) is 0 Å². The highest BCUT2D eigenvalue weighted by Gasteiger charge is 2.07. The van der Waals surface area contributed by atoms with Crippen molar-refractivity contribution in [1.29, 1.82) is 0 Å². The summed E-state index contributed by atoms with van der Waals surface area (Å²) in [4.78, 5) is 0. The summed E-state index contributed by atoms with van der Waals surface area (Å²) in [6.45, 7) is 6.61. The Hall–Kier alpha value is -2.34. The zero-order chi connectivity index (χ0) is 14.7. The first kappa shape index (κ1) is 13.6. The van der Waals surface area contributed by atoms with Crippen molar-refractivity contribution in [3.8, 4) is 11.5 Å². The Morgan fingerprint density at radius 1 is 1.38 bits per heavy atom. The van der Waals surface area contributed by atoms with Crippen molar-refractivity contribution < 1.29 is 4.42 Å². The van der Waals surface area contributed by atoms with E-state index in [-0.39, 0.29) is 0 Å². The molecule has 0 aliphatic rings. The summed E-state index contributed by atoms with van der Waals surface area (Å²) in [5.41, 5.74) is 4.29. The van der Waals surface area contributed by atoms with E-state index in [2.05, 4.69) is 34.5 Å². The lowest BCUT2D eigenvalue weighted by molar-refractivity contribution is 0.580. The van der Waals surface area contributed by atoms with Crippen LogP contribution in [0.1, 0.15) is 23.9 Å². The van der Waals surface area contributed by atoms with E-state index in [0.29, 0.717) is 0 Å². The zero-order valence-corrected chi connectivity index (χ0v) is 12.3. The van der Waals surface area contributed by atoms with Crippen LogP contribution in [0.25, 0.3) is 11.5 Å². The normalized spacial score (nSPS) is 11.1. The second-order valence-corrected chi connectivity index (χ2v) is 4.93. The average Bonchev–Trinajstić information content (AvgIpc) is 3.20. The molecular formula is C15H19N5O. The maximum absolute atomic E-state index is 5.32. The third-order valence-electron chi connectivity index (χ3n) is 3.54. The largest absolute Gasteiger partial charge is 0.463 e. The van der Waals surface area contributed by atoms with Gasteiger partial charge in [-0.25, -0.2) is 0 Å². The van der Waals surface area contributed by atoms with Crippen LogP contribution in [0.15, 0.2) is 35.1 Å². The molecule has 3 aromatic heterocycles. The molecule has 0 bridgehead atoms. The standard InChI is InChI=1S/C15H19N5O/c1-3-20-11(2)12(9-17-20)8-16-10-13-7-14(19-18-13)15-5-4-6-21-15/h4-7,9,16H,3,8,10H2,1-2H3,(H,18,19). The molecule has 0 saturated carbocycles. The highest BCUT2D eigenvalue weighted by molar-refractivity contribution is 5.51. The fourth-order valence-electron chi connectivity index (χ4n) is 2.31. The molecule has 0 aliphatic carbocycles. The van der Waals surface area contributed by atoms with E-state index in [0.717, 1.165) is 36.8 Å². The minimum Gasteiger partial charge on any atom is -0.463 e. The van der Waals surface area contributed by atoms with Gasteiger partial charge in [0.25, 0.3) is 0 Å². The number of aryl methyl sites for hydroxylation is 1. The molecule has 0 saturated heterocycles. The number of H-pyrrole nitrogens is 1. The smallest absolute Gasteiger partial charge is 0.154 e. The van der Waals surface area contributed by atoms with Gasteiger partial charge in [0, 0.05) is 36.6 Å². The number of nitrogens with zero attached hydrogens (tertiary/aromatic N) is 3. The number of furan rings is 1. The van der Waals surface area contributed by atoms with Crippen molar-refractivity contribution in [3.63, 3.8) is 0 Å². The van der Waals surface area contributed by atoms with E-state index in [1.165, 1.54) is 11.3 Å². The van der Waals surface area contributed by atoms with Gasteiger partial charge in [0.05, 0.1) is 12.5 Å². The SMILES string of the molecule is CCn1ncc(CNCc2cc(-c3ccco3)n[nH]2)c1C. The van der Waals surface area contributed by atoms with E-state index in [4.69, 9.17) is 4.42 Å². The molecule has 0 radical (unpaired) electrons. The van der Waals surface area contributed by atoms with Crippen LogP contribution < -0.4 is 5.32 Å². The molecule has 2 N–H and O–H groups in total. The second-order valence-electron chi connectivity index (χ2n) is 4.93. The molecule has 3 rings (SSSR count). The van der Waals surface area contributed by atoms with Crippen molar-refractivity contribution in [2.24, 2.45) is 0 Å². The molecule has 0 spiro atoms. The second kappa shape index (κ2) is 5.97. The Balaban J connectivity index is 1.57. The van der Waals surface area contributed by atoms with Gasteiger partial charge in [-0.05, 0) is 32.0 Å². The van der Waals surface area contributed by atoms with Crippen LogP contribution in [0, 0.1) is 6.92 Å². The van der Waals surface area contributed by atoms with Crippen LogP contribution in [0.2, 0.25) is 0 Å². The number of hydrogen-bond acceptors (Lipinski definition) is 4.